The van der Waals surface area contributed by atoms with Crippen LogP contribution >= 0.6 is 0 Å². The van der Waals surface area contributed by atoms with Crippen LogP contribution in [0.15, 0.2) is 36.0 Å². The third-order valence-electron chi connectivity index (χ3n) is 7.49. The van der Waals surface area contributed by atoms with Gasteiger partial charge in [-0.15, -0.1) is 0 Å². The average molecular weight is 378 g/mol. The van der Waals surface area contributed by atoms with Gasteiger partial charge in [0, 0.05) is 17.9 Å². The number of aryl methyl sites for hydroxylation is 1. The molecule has 148 valence electrons. The zero-order valence-electron chi connectivity index (χ0n) is 17.0. The molecule has 1 aromatic rings. The van der Waals surface area contributed by atoms with E-state index in [1.54, 1.807) is 6.20 Å². The second-order valence-electron chi connectivity index (χ2n) is 9.30. The molecule has 5 rings (SSSR count). The third-order valence-corrected chi connectivity index (χ3v) is 7.49. The van der Waals surface area contributed by atoms with Gasteiger partial charge >= 0.3 is 0 Å². The third kappa shape index (κ3) is 3.55. The normalized spacial score (nSPS) is 31.9. The summed E-state index contributed by atoms with van der Waals surface area (Å²) in [6.45, 7) is 4.25. The van der Waals surface area contributed by atoms with Gasteiger partial charge in [-0.25, -0.2) is 0 Å². The monoisotopic (exact) mass is 377 g/mol. The van der Waals surface area contributed by atoms with Crippen molar-refractivity contribution in [3.63, 3.8) is 0 Å². The second kappa shape index (κ2) is 7.62. The fraction of sp³-hybridized carbons (Fsp3) is 0.583. The van der Waals surface area contributed by atoms with Gasteiger partial charge in [0.25, 0.3) is 5.91 Å². The van der Waals surface area contributed by atoms with Crippen LogP contribution in [-0.4, -0.2) is 11.9 Å². The van der Waals surface area contributed by atoms with Gasteiger partial charge < -0.3 is 10.6 Å². The summed E-state index contributed by atoms with van der Waals surface area (Å²) in [5.74, 6) is 2.30. The van der Waals surface area contributed by atoms with Crippen LogP contribution in [0.3, 0.4) is 0 Å². The summed E-state index contributed by atoms with van der Waals surface area (Å²) in [6, 6.07) is 10.2. The van der Waals surface area contributed by atoms with Gasteiger partial charge in [0.05, 0.1) is 0 Å². The molecule has 4 nitrogen and oxygen atoms in total. The standard InChI is InChI=1S/C24H31N3O/c1-3-20-6-4-5-7-22(20)26-15-21(14-25)23(28)27-16(2)24-11-17-8-18(12-24)10-19(9-17)13-24/h4-7,15-19,26H,3,8-13H2,1-2H3,(H,27,28)/b21-15-. The van der Waals surface area contributed by atoms with Crippen LogP contribution in [0.4, 0.5) is 5.69 Å². The minimum Gasteiger partial charge on any atom is -0.360 e. The van der Waals surface area contributed by atoms with Crippen LogP contribution in [0.2, 0.25) is 0 Å². The Hall–Kier alpha value is -2.28. The molecule has 0 aromatic heterocycles. The fourth-order valence-corrected chi connectivity index (χ4v) is 6.40. The fourth-order valence-electron chi connectivity index (χ4n) is 6.40. The Labute approximate surface area is 168 Å². The van der Waals surface area contributed by atoms with Crippen molar-refractivity contribution in [1.82, 2.24) is 5.32 Å². The zero-order valence-corrected chi connectivity index (χ0v) is 17.0. The van der Waals surface area contributed by atoms with Crippen LogP contribution in [0.25, 0.3) is 0 Å². The highest BCUT2D eigenvalue weighted by Gasteiger charge is 2.53. The number of nitrogens with one attached hydrogen (secondary N) is 2. The Balaban J connectivity index is 1.44. The number of nitrogens with zero attached hydrogens (tertiary/aromatic N) is 1. The molecule has 0 spiro atoms. The quantitative estimate of drug-likeness (QED) is 0.553. The maximum absolute atomic E-state index is 12.8. The lowest BCUT2D eigenvalue weighted by atomic mass is 9.48. The van der Waals surface area contributed by atoms with E-state index in [0.717, 1.165) is 29.9 Å². The molecule has 2 N–H and O–H groups in total. The molecule has 4 aliphatic carbocycles. The number of hydrogen-bond donors (Lipinski definition) is 2. The lowest BCUT2D eigenvalue weighted by Gasteiger charge is -2.59. The number of benzene rings is 1. The lowest BCUT2D eigenvalue weighted by Crippen LogP contribution is -2.56. The first-order valence-electron chi connectivity index (χ1n) is 10.8. The first kappa shape index (κ1) is 19.1. The Bertz CT molecular complexity index is 784. The minimum absolute atomic E-state index is 0.119. The van der Waals surface area contributed by atoms with E-state index in [-0.39, 0.29) is 22.9 Å². The summed E-state index contributed by atoms with van der Waals surface area (Å²) in [5, 5.41) is 15.9. The molecule has 0 heterocycles. The van der Waals surface area contributed by atoms with E-state index in [4.69, 9.17) is 0 Å². The average Bonchev–Trinajstić information content (AvgIpc) is 2.67. The molecule has 4 heteroatoms. The van der Waals surface area contributed by atoms with Crippen molar-refractivity contribution in [3.05, 3.63) is 41.6 Å². The van der Waals surface area contributed by atoms with Crippen molar-refractivity contribution in [1.29, 1.82) is 5.26 Å². The molecule has 1 unspecified atom stereocenters. The van der Waals surface area contributed by atoms with E-state index in [1.165, 1.54) is 44.1 Å². The molecule has 28 heavy (non-hydrogen) atoms. The van der Waals surface area contributed by atoms with E-state index in [2.05, 4.69) is 36.6 Å². The molecule has 4 aliphatic rings. The number of nitriles is 1. The van der Waals surface area contributed by atoms with Gasteiger partial charge in [0.15, 0.2) is 0 Å². The number of para-hydroxylation sites is 1. The molecule has 0 radical (unpaired) electrons. The molecule has 4 bridgehead atoms. The molecular formula is C24H31N3O. The summed E-state index contributed by atoms with van der Waals surface area (Å²) in [6.07, 6.45) is 10.4. The Morgan fingerprint density at radius 1 is 1.21 bits per heavy atom. The van der Waals surface area contributed by atoms with Crippen LogP contribution in [0, 0.1) is 34.5 Å². The van der Waals surface area contributed by atoms with Gasteiger partial charge in [0.1, 0.15) is 11.6 Å². The van der Waals surface area contributed by atoms with E-state index in [0.29, 0.717) is 0 Å². The number of anilines is 1. The molecule has 4 fully saturated rings. The van der Waals surface area contributed by atoms with Crippen molar-refractivity contribution < 1.29 is 4.79 Å². The van der Waals surface area contributed by atoms with Gasteiger partial charge in [-0.2, -0.15) is 5.26 Å². The maximum Gasteiger partial charge on any atom is 0.263 e. The van der Waals surface area contributed by atoms with E-state index < -0.39 is 0 Å². The highest BCUT2D eigenvalue weighted by molar-refractivity contribution is 5.97. The van der Waals surface area contributed by atoms with E-state index in [9.17, 15) is 10.1 Å². The molecular weight excluding hydrogens is 346 g/mol. The predicted molar refractivity (Wildman–Crippen MR) is 111 cm³/mol. The van der Waals surface area contributed by atoms with Gasteiger partial charge in [-0.05, 0) is 86.7 Å². The summed E-state index contributed by atoms with van der Waals surface area (Å²) in [4.78, 5) is 12.8. The SMILES string of the molecule is CCc1ccccc1N/C=C(/C#N)C(=O)NC(C)C12CC3CC(CC(C3)C1)C2. The molecule has 0 aliphatic heterocycles. The Morgan fingerprint density at radius 3 is 2.39 bits per heavy atom. The smallest absolute Gasteiger partial charge is 0.263 e. The molecule has 1 amide bonds. The van der Waals surface area contributed by atoms with Crippen LogP contribution in [0.5, 0.6) is 0 Å². The van der Waals surface area contributed by atoms with Gasteiger partial charge in [-0.1, -0.05) is 25.1 Å². The lowest BCUT2D eigenvalue weighted by molar-refractivity contribution is -0.122. The Kier molecular flexibility index (Phi) is 5.19. The van der Waals surface area contributed by atoms with Crippen molar-refractivity contribution in [2.24, 2.45) is 23.2 Å². The van der Waals surface area contributed by atoms with Crippen LogP contribution < -0.4 is 10.6 Å². The van der Waals surface area contributed by atoms with Crippen LogP contribution in [-0.2, 0) is 11.2 Å². The number of carbonyl (C=O) groups is 1. The van der Waals surface area contributed by atoms with Crippen molar-refractivity contribution in [3.8, 4) is 6.07 Å². The van der Waals surface area contributed by atoms with Crippen molar-refractivity contribution in [2.45, 2.75) is 64.8 Å². The zero-order chi connectivity index (χ0) is 19.7. The highest BCUT2D eigenvalue weighted by atomic mass is 16.1. The maximum atomic E-state index is 12.8. The number of amides is 1. The molecule has 0 saturated heterocycles. The van der Waals surface area contributed by atoms with Gasteiger partial charge in [0.2, 0.25) is 0 Å². The summed E-state index contributed by atoms with van der Waals surface area (Å²) in [7, 11) is 0. The minimum atomic E-state index is -0.257. The first-order chi connectivity index (χ1) is 13.5. The number of carbonyl (C=O) groups excluding carboxylic acids is 1. The summed E-state index contributed by atoms with van der Waals surface area (Å²) >= 11 is 0. The Morgan fingerprint density at radius 2 is 1.82 bits per heavy atom. The summed E-state index contributed by atoms with van der Waals surface area (Å²) in [5.41, 5.74) is 2.49. The first-order valence-corrected chi connectivity index (χ1v) is 10.8. The second-order valence-corrected chi connectivity index (χ2v) is 9.30. The number of hydrogen-bond acceptors (Lipinski definition) is 3. The predicted octanol–water partition coefficient (Wildman–Crippen LogP) is 4.79. The van der Waals surface area contributed by atoms with Crippen molar-refractivity contribution in [2.75, 3.05) is 5.32 Å². The highest BCUT2D eigenvalue weighted by Crippen LogP contribution is 2.61. The van der Waals surface area contributed by atoms with E-state index in [1.807, 2.05) is 18.2 Å². The topological polar surface area (TPSA) is 64.9 Å². The van der Waals surface area contributed by atoms with Gasteiger partial charge in [-0.3, -0.25) is 4.79 Å². The number of rotatable bonds is 6. The summed E-state index contributed by atoms with van der Waals surface area (Å²) < 4.78 is 0. The van der Waals surface area contributed by atoms with E-state index >= 15 is 0 Å². The largest absolute Gasteiger partial charge is 0.360 e. The molecule has 4 saturated carbocycles. The van der Waals surface area contributed by atoms with Crippen molar-refractivity contribution >= 4 is 11.6 Å². The molecule has 1 atom stereocenters. The molecule has 1 aromatic carbocycles. The van der Waals surface area contributed by atoms with Crippen LogP contribution in [0.1, 0.15) is 57.9 Å².